The van der Waals surface area contributed by atoms with Gasteiger partial charge in [0.15, 0.2) is 0 Å². The molecule has 0 saturated heterocycles. The van der Waals surface area contributed by atoms with Gasteiger partial charge in [-0.2, -0.15) is 12.6 Å². The molecule has 1 atom stereocenters. The molecule has 3 heteroatoms. The maximum absolute atomic E-state index is 10.6. The predicted octanol–water partition coefficient (Wildman–Crippen LogP) is 2.05. The number of carboxylic acid groups (broad SMARTS) is 1. The minimum Gasteiger partial charge on any atom is -0.481 e. The number of aliphatic carboxylic acids is 1. The van der Waals surface area contributed by atoms with E-state index in [4.69, 9.17) is 5.11 Å². The highest BCUT2D eigenvalue weighted by Gasteiger charge is 2.22. The van der Waals surface area contributed by atoms with Crippen LogP contribution in [0.5, 0.6) is 0 Å². The molecule has 0 radical (unpaired) electrons. The smallest absolute Gasteiger partial charge is 0.307 e. The van der Waals surface area contributed by atoms with Crippen molar-refractivity contribution >= 4 is 18.6 Å². The van der Waals surface area contributed by atoms with Crippen LogP contribution in [0.2, 0.25) is 0 Å². The van der Waals surface area contributed by atoms with Gasteiger partial charge in [0, 0.05) is 5.75 Å². The van der Waals surface area contributed by atoms with E-state index in [0.29, 0.717) is 12.2 Å². The van der Waals surface area contributed by atoms with Gasteiger partial charge in [0.2, 0.25) is 0 Å². The van der Waals surface area contributed by atoms with Crippen LogP contribution in [0.25, 0.3) is 0 Å². The summed E-state index contributed by atoms with van der Waals surface area (Å²) in [4.78, 5) is 10.6. The number of carboxylic acids is 1. The average molecular weight is 176 g/mol. The van der Waals surface area contributed by atoms with Crippen LogP contribution in [-0.4, -0.2) is 16.8 Å². The predicted molar refractivity (Wildman–Crippen MR) is 49.1 cm³/mol. The summed E-state index contributed by atoms with van der Waals surface area (Å²) < 4.78 is 0. The van der Waals surface area contributed by atoms with Crippen LogP contribution in [0, 0.1) is 11.3 Å². The van der Waals surface area contributed by atoms with Crippen molar-refractivity contribution in [2.75, 3.05) is 5.75 Å². The molecular weight excluding hydrogens is 160 g/mol. The Morgan fingerprint density at radius 2 is 2.00 bits per heavy atom. The average Bonchev–Trinajstić information content (AvgIpc) is 1.80. The van der Waals surface area contributed by atoms with Crippen LogP contribution < -0.4 is 0 Å². The third-order valence-corrected chi connectivity index (χ3v) is 1.87. The minimum atomic E-state index is -0.741. The number of thiol groups is 1. The molecule has 0 fully saturated rings. The first-order valence-electron chi connectivity index (χ1n) is 3.70. The quantitative estimate of drug-likeness (QED) is 0.646. The molecule has 0 heterocycles. The second kappa shape index (κ2) is 4.00. The van der Waals surface area contributed by atoms with Crippen molar-refractivity contribution in [3.8, 4) is 0 Å². The summed E-state index contributed by atoms with van der Waals surface area (Å²) in [6, 6.07) is 0. The SMILES string of the molecule is CC(C)(C)CC(CS)C(=O)O. The van der Waals surface area contributed by atoms with E-state index in [1.807, 2.05) is 20.8 Å². The monoisotopic (exact) mass is 176 g/mol. The first-order chi connectivity index (χ1) is 4.87. The Hall–Kier alpha value is -0.180. The van der Waals surface area contributed by atoms with E-state index in [0.717, 1.165) is 0 Å². The van der Waals surface area contributed by atoms with Crippen molar-refractivity contribution in [1.82, 2.24) is 0 Å². The second-order valence-corrected chi connectivity index (χ2v) is 4.35. The van der Waals surface area contributed by atoms with Crippen molar-refractivity contribution in [2.45, 2.75) is 27.2 Å². The van der Waals surface area contributed by atoms with Crippen molar-refractivity contribution in [3.63, 3.8) is 0 Å². The molecule has 0 aliphatic rings. The van der Waals surface area contributed by atoms with Gasteiger partial charge in [0.05, 0.1) is 5.92 Å². The molecule has 0 saturated carbocycles. The fraction of sp³-hybridized carbons (Fsp3) is 0.875. The van der Waals surface area contributed by atoms with Gasteiger partial charge < -0.3 is 5.11 Å². The Bertz CT molecular complexity index is 138. The van der Waals surface area contributed by atoms with Gasteiger partial charge in [-0.3, -0.25) is 4.79 Å². The summed E-state index contributed by atoms with van der Waals surface area (Å²) >= 11 is 3.99. The Balaban J connectivity index is 3.99. The zero-order valence-corrected chi connectivity index (χ0v) is 8.19. The third-order valence-electron chi connectivity index (χ3n) is 1.43. The van der Waals surface area contributed by atoms with Crippen molar-refractivity contribution < 1.29 is 9.90 Å². The number of rotatable bonds is 3. The van der Waals surface area contributed by atoms with Crippen LogP contribution in [-0.2, 0) is 4.79 Å². The highest BCUT2D eigenvalue weighted by atomic mass is 32.1. The number of carbonyl (C=O) groups is 1. The van der Waals surface area contributed by atoms with Crippen LogP contribution in [0.4, 0.5) is 0 Å². The minimum absolute atomic E-state index is 0.0752. The summed E-state index contributed by atoms with van der Waals surface area (Å²) in [5.41, 5.74) is 0.0752. The zero-order valence-electron chi connectivity index (χ0n) is 7.29. The van der Waals surface area contributed by atoms with Gasteiger partial charge in [-0.25, -0.2) is 0 Å². The van der Waals surface area contributed by atoms with E-state index < -0.39 is 5.97 Å². The molecular formula is C8H16O2S. The van der Waals surface area contributed by atoms with Crippen LogP contribution in [0.1, 0.15) is 27.2 Å². The topological polar surface area (TPSA) is 37.3 Å². The van der Waals surface area contributed by atoms with E-state index >= 15 is 0 Å². The summed E-state index contributed by atoms with van der Waals surface area (Å²) in [6.07, 6.45) is 0.686. The van der Waals surface area contributed by atoms with E-state index in [1.165, 1.54) is 0 Å². The second-order valence-electron chi connectivity index (χ2n) is 3.98. The first-order valence-corrected chi connectivity index (χ1v) is 4.34. The lowest BCUT2D eigenvalue weighted by molar-refractivity contribution is -0.141. The molecule has 1 N–H and O–H groups in total. The molecule has 0 aromatic heterocycles. The summed E-state index contributed by atoms with van der Waals surface area (Å²) in [5, 5.41) is 8.69. The lowest BCUT2D eigenvalue weighted by atomic mass is 9.85. The van der Waals surface area contributed by atoms with Crippen molar-refractivity contribution in [1.29, 1.82) is 0 Å². The summed E-state index contributed by atoms with van der Waals surface area (Å²) in [6.45, 7) is 6.10. The van der Waals surface area contributed by atoms with Gasteiger partial charge in [-0.05, 0) is 11.8 Å². The van der Waals surface area contributed by atoms with Crippen molar-refractivity contribution in [3.05, 3.63) is 0 Å². The molecule has 0 amide bonds. The standard InChI is InChI=1S/C8H16O2S/c1-8(2,3)4-6(5-11)7(9)10/h6,11H,4-5H2,1-3H3,(H,9,10). The van der Waals surface area contributed by atoms with Gasteiger partial charge in [0.25, 0.3) is 0 Å². The lowest BCUT2D eigenvalue weighted by Gasteiger charge is -2.21. The molecule has 11 heavy (non-hydrogen) atoms. The van der Waals surface area contributed by atoms with E-state index in [2.05, 4.69) is 12.6 Å². The van der Waals surface area contributed by atoms with E-state index in [9.17, 15) is 4.79 Å². The van der Waals surface area contributed by atoms with Gasteiger partial charge in [-0.1, -0.05) is 20.8 Å². The molecule has 0 spiro atoms. The fourth-order valence-corrected chi connectivity index (χ4v) is 1.25. The molecule has 66 valence electrons. The van der Waals surface area contributed by atoms with Gasteiger partial charge in [0.1, 0.15) is 0 Å². The molecule has 0 aliphatic heterocycles. The third kappa shape index (κ3) is 5.13. The Morgan fingerprint density at radius 1 is 1.55 bits per heavy atom. The molecule has 0 bridgehead atoms. The highest BCUT2D eigenvalue weighted by Crippen LogP contribution is 2.24. The highest BCUT2D eigenvalue weighted by molar-refractivity contribution is 7.80. The Kier molecular flexibility index (Phi) is 3.93. The molecule has 0 aliphatic carbocycles. The van der Waals surface area contributed by atoms with Crippen LogP contribution in [0.3, 0.4) is 0 Å². The molecule has 2 nitrogen and oxygen atoms in total. The maximum atomic E-state index is 10.6. The van der Waals surface area contributed by atoms with Crippen LogP contribution >= 0.6 is 12.6 Å². The number of hydrogen-bond acceptors (Lipinski definition) is 2. The van der Waals surface area contributed by atoms with E-state index in [-0.39, 0.29) is 11.3 Å². The molecule has 0 aromatic carbocycles. The Labute approximate surface area is 73.4 Å². The summed E-state index contributed by atoms with van der Waals surface area (Å²) in [5.74, 6) is -0.625. The van der Waals surface area contributed by atoms with E-state index in [1.54, 1.807) is 0 Å². The largest absolute Gasteiger partial charge is 0.481 e. The Morgan fingerprint density at radius 3 is 2.09 bits per heavy atom. The van der Waals surface area contributed by atoms with Crippen LogP contribution in [0.15, 0.2) is 0 Å². The number of hydrogen-bond donors (Lipinski definition) is 2. The van der Waals surface area contributed by atoms with Gasteiger partial charge in [-0.15, -0.1) is 0 Å². The lowest BCUT2D eigenvalue weighted by Crippen LogP contribution is -2.22. The maximum Gasteiger partial charge on any atom is 0.307 e. The van der Waals surface area contributed by atoms with Crippen molar-refractivity contribution in [2.24, 2.45) is 11.3 Å². The molecule has 1 unspecified atom stereocenters. The van der Waals surface area contributed by atoms with Gasteiger partial charge >= 0.3 is 5.97 Å². The molecule has 0 rings (SSSR count). The fourth-order valence-electron chi connectivity index (χ4n) is 0.969. The summed E-state index contributed by atoms with van der Waals surface area (Å²) in [7, 11) is 0. The zero-order chi connectivity index (χ0) is 9.07. The first kappa shape index (κ1) is 10.8. The normalized spacial score (nSPS) is 14.5. The molecule has 0 aromatic rings.